The Balaban J connectivity index is 1.51. The average molecular weight is 448 g/mol. The Labute approximate surface area is 182 Å². The van der Waals surface area contributed by atoms with Crippen molar-refractivity contribution in [2.75, 3.05) is 24.6 Å². The van der Waals surface area contributed by atoms with Crippen LogP contribution in [-0.4, -0.2) is 72.2 Å². The smallest absolute Gasteiger partial charge is 0.325 e. The molecule has 168 valence electrons. The zero-order chi connectivity index (χ0) is 22.4. The van der Waals surface area contributed by atoms with Crippen LogP contribution in [0, 0.1) is 5.92 Å². The molecule has 31 heavy (non-hydrogen) atoms. The molecule has 2 atom stereocenters. The zero-order valence-electron chi connectivity index (χ0n) is 18.0. The predicted octanol–water partition coefficient (Wildman–Crippen LogP) is 1.14. The summed E-state index contributed by atoms with van der Waals surface area (Å²) in [5, 5.41) is 2.85. The fraction of sp³-hybridized carbons (Fsp3) is 0.591. The molecular formula is C22H29N3O5S. The molecule has 1 aromatic carbocycles. The van der Waals surface area contributed by atoms with Gasteiger partial charge in [-0.1, -0.05) is 38.1 Å². The number of carbonyl (C=O) groups is 3. The number of fused-ring (bicyclic) bond motifs is 1. The highest BCUT2D eigenvalue weighted by molar-refractivity contribution is 7.91. The minimum Gasteiger partial charge on any atom is -0.337 e. The molecule has 4 amide bonds. The monoisotopic (exact) mass is 447 g/mol. The lowest BCUT2D eigenvalue weighted by Crippen LogP contribution is -2.52. The van der Waals surface area contributed by atoms with Crippen LogP contribution in [0.1, 0.15) is 37.8 Å². The first-order valence-corrected chi connectivity index (χ1v) is 12.6. The van der Waals surface area contributed by atoms with E-state index in [1.165, 1.54) is 5.56 Å². The molecule has 2 fully saturated rings. The van der Waals surface area contributed by atoms with Gasteiger partial charge in [-0.15, -0.1) is 0 Å². The fourth-order valence-corrected chi connectivity index (χ4v) is 6.67. The Morgan fingerprint density at radius 3 is 2.61 bits per heavy atom. The molecule has 4 rings (SSSR count). The third-order valence-corrected chi connectivity index (χ3v) is 8.25. The van der Waals surface area contributed by atoms with E-state index in [0.717, 1.165) is 10.5 Å². The fourth-order valence-electron chi connectivity index (χ4n) is 4.94. The van der Waals surface area contributed by atoms with E-state index in [-0.39, 0.29) is 35.8 Å². The van der Waals surface area contributed by atoms with Gasteiger partial charge in [0.15, 0.2) is 9.84 Å². The topological polar surface area (TPSA) is 104 Å². The van der Waals surface area contributed by atoms with E-state index in [1.54, 1.807) is 4.90 Å². The predicted molar refractivity (Wildman–Crippen MR) is 115 cm³/mol. The lowest BCUT2D eigenvalue weighted by atomic mass is 9.78. The summed E-state index contributed by atoms with van der Waals surface area (Å²) in [5.74, 6) is -0.620. The standard InChI is InChI=1S/C22H29N3O5S/c1-15(2)12-24(18-8-10-31(29,30)14-18)19(26)13-25-20(27)22(23-21(25)28)9-7-16-5-3-4-6-17(16)11-22/h3-6,15,18H,7-14H2,1-2H3,(H,23,28). The summed E-state index contributed by atoms with van der Waals surface area (Å²) in [6, 6.07) is 6.92. The number of urea groups is 1. The second-order valence-electron chi connectivity index (χ2n) is 9.35. The lowest BCUT2D eigenvalue weighted by Gasteiger charge is -2.33. The van der Waals surface area contributed by atoms with Gasteiger partial charge >= 0.3 is 6.03 Å². The highest BCUT2D eigenvalue weighted by Crippen LogP contribution is 2.33. The van der Waals surface area contributed by atoms with Gasteiger partial charge in [-0.2, -0.15) is 0 Å². The van der Waals surface area contributed by atoms with Crippen LogP contribution in [0.5, 0.6) is 0 Å². The van der Waals surface area contributed by atoms with E-state index >= 15 is 0 Å². The summed E-state index contributed by atoms with van der Waals surface area (Å²) >= 11 is 0. The molecule has 1 aromatic rings. The Morgan fingerprint density at radius 1 is 1.26 bits per heavy atom. The molecule has 0 aromatic heterocycles. The van der Waals surface area contributed by atoms with Crippen LogP contribution in [0.3, 0.4) is 0 Å². The molecule has 1 aliphatic carbocycles. The molecule has 2 heterocycles. The number of sulfone groups is 1. The van der Waals surface area contributed by atoms with Crippen molar-refractivity contribution in [3.63, 3.8) is 0 Å². The number of carbonyl (C=O) groups excluding carboxylic acids is 3. The number of amides is 4. The van der Waals surface area contributed by atoms with Gasteiger partial charge in [-0.3, -0.25) is 14.5 Å². The number of aryl methyl sites for hydroxylation is 1. The number of imide groups is 1. The highest BCUT2D eigenvalue weighted by Gasteiger charge is 2.53. The number of nitrogens with one attached hydrogen (secondary N) is 1. The van der Waals surface area contributed by atoms with Gasteiger partial charge in [0.2, 0.25) is 5.91 Å². The maximum Gasteiger partial charge on any atom is 0.325 e. The third kappa shape index (κ3) is 4.20. The van der Waals surface area contributed by atoms with Gasteiger partial charge in [0.25, 0.3) is 5.91 Å². The summed E-state index contributed by atoms with van der Waals surface area (Å²) < 4.78 is 23.9. The van der Waals surface area contributed by atoms with Gasteiger partial charge in [-0.25, -0.2) is 13.2 Å². The molecule has 8 nitrogen and oxygen atoms in total. The van der Waals surface area contributed by atoms with Crippen molar-refractivity contribution >= 4 is 27.7 Å². The maximum atomic E-state index is 13.3. The Kier molecular flexibility index (Phi) is 5.57. The van der Waals surface area contributed by atoms with Crippen LogP contribution in [0.15, 0.2) is 24.3 Å². The molecular weight excluding hydrogens is 418 g/mol. The quantitative estimate of drug-likeness (QED) is 0.682. The van der Waals surface area contributed by atoms with Crippen LogP contribution in [0.4, 0.5) is 4.79 Å². The van der Waals surface area contributed by atoms with Crippen molar-refractivity contribution in [1.82, 2.24) is 15.1 Å². The molecule has 0 radical (unpaired) electrons. The molecule has 0 bridgehead atoms. The SMILES string of the molecule is CC(C)CN(C(=O)CN1C(=O)NC2(CCc3ccccc3C2)C1=O)C1CCS(=O)(=O)C1. The molecule has 2 unspecified atom stereocenters. The van der Waals surface area contributed by atoms with Gasteiger partial charge in [0, 0.05) is 19.0 Å². The Morgan fingerprint density at radius 2 is 1.97 bits per heavy atom. The van der Waals surface area contributed by atoms with Crippen LogP contribution >= 0.6 is 0 Å². The minimum atomic E-state index is -3.16. The largest absolute Gasteiger partial charge is 0.337 e. The summed E-state index contributed by atoms with van der Waals surface area (Å²) in [6.07, 6.45) is 1.98. The zero-order valence-corrected chi connectivity index (χ0v) is 18.8. The number of nitrogens with zero attached hydrogens (tertiary/aromatic N) is 2. The Bertz CT molecular complexity index is 1020. The molecule has 1 spiro atoms. The van der Waals surface area contributed by atoms with Crippen LogP contribution < -0.4 is 5.32 Å². The normalized spacial score (nSPS) is 26.9. The summed E-state index contributed by atoms with van der Waals surface area (Å²) in [7, 11) is -3.16. The van der Waals surface area contributed by atoms with E-state index in [9.17, 15) is 22.8 Å². The van der Waals surface area contributed by atoms with E-state index in [0.29, 0.717) is 32.2 Å². The molecule has 9 heteroatoms. The highest BCUT2D eigenvalue weighted by atomic mass is 32.2. The maximum absolute atomic E-state index is 13.3. The molecule has 2 saturated heterocycles. The van der Waals surface area contributed by atoms with E-state index in [2.05, 4.69) is 5.32 Å². The number of rotatable bonds is 5. The molecule has 2 aliphatic heterocycles. The second-order valence-corrected chi connectivity index (χ2v) is 11.6. The van der Waals surface area contributed by atoms with Gasteiger partial charge in [0.05, 0.1) is 11.5 Å². The first kappa shape index (κ1) is 21.8. The van der Waals surface area contributed by atoms with Crippen molar-refractivity contribution in [2.45, 2.75) is 51.1 Å². The van der Waals surface area contributed by atoms with Crippen molar-refractivity contribution in [1.29, 1.82) is 0 Å². The van der Waals surface area contributed by atoms with Crippen LogP contribution in [0.2, 0.25) is 0 Å². The van der Waals surface area contributed by atoms with Gasteiger partial charge in [0.1, 0.15) is 12.1 Å². The van der Waals surface area contributed by atoms with E-state index in [4.69, 9.17) is 0 Å². The van der Waals surface area contributed by atoms with Crippen LogP contribution in [-0.2, 0) is 32.3 Å². The summed E-state index contributed by atoms with van der Waals surface area (Å²) in [6.45, 7) is 3.93. The first-order chi connectivity index (χ1) is 14.6. The van der Waals surface area contributed by atoms with Crippen molar-refractivity contribution in [3.05, 3.63) is 35.4 Å². The van der Waals surface area contributed by atoms with Gasteiger partial charge < -0.3 is 10.2 Å². The first-order valence-electron chi connectivity index (χ1n) is 10.8. The van der Waals surface area contributed by atoms with E-state index in [1.807, 2.05) is 38.1 Å². The molecule has 0 saturated carbocycles. The summed E-state index contributed by atoms with van der Waals surface area (Å²) in [4.78, 5) is 41.7. The minimum absolute atomic E-state index is 0.0607. The summed E-state index contributed by atoms with van der Waals surface area (Å²) in [5.41, 5.74) is 1.20. The second kappa shape index (κ2) is 7.93. The number of hydrogen-bond donors (Lipinski definition) is 1. The molecule has 3 aliphatic rings. The van der Waals surface area contributed by atoms with Gasteiger partial charge in [-0.05, 0) is 36.3 Å². The third-order valence-electron chi connectivity index (χ3n) is 6.50. The van der Waals surface area contributed by atoms with E-state index < -0.39 is 27.4 Å². The lowest BCUT2D eigenvalue weighted by molar-refractivity contribution is -0.140. The number of benzene rings is 1. The Hall–Kier alpha value is -2.42. The number of hydrogen-bond acceptors (Lipinski definition) is 5. The van der Waals surface area contributed by atoms with Crippen molar-refractivity contribution < 1.29 is 22.8 Å². The van der Waals surface area contributed by atoms with Crippen molar-refractivity contribution in [2.24, 2.45) is 5.92 Å². The van der Waals surface area contributed by atoms with Crippen molar-refractivity contribution in [3.8, 4) is 0 Å². The van der Waals surface area contributed by atoms with Crippen LogP contribution in [0.25, 0.3) is 0 Å². The average Bonchev–Trinajstić information content (AvgIpc) is 3.17. The molecule has 1 N–H and O–H groups in total.